The number of carbonyl (C=O) groups excluding carboxylic acids is 1. The lowest BCUT2D eigenvalue weighted by Crippen LogP contribution is -2.28. The van der Waals surface area contributed by atoms with E-state index in [1.807, 2.05) is 0 Å². The molecule has 19 heavy (non-hydrogen) atoms. The average molecular weight is 269 g/mol. The van der Waals surface area contributed by atoms with Gasteiger partial charge in [0.25, 0.3) is 6.43 Å². The number of carbonyl (C=O) groups is 1. The van der Waals surface area contributed by atoms with Gasteiger partial charge in [0.2, 0.25) is 0 Å². The molecule has 0 bridgehead atoms. The lowest BCUT2D eigenvalue weighted by Gasteiger charge is -2.24. The average Bonchev–Trinajstić information content (AvgIpc) is 2.77. The molecule has 0 radical (unpaired) electrons. The number of hydrogen-bond acceptors (Lipinski definition) is 5. The molecule has 7 heteroatoms. The molecule has 0 fully saturated rings. The molecule has 102 valence electrons. The van der Waals surface area contributed by atoms with Gasteiger partial charge in [0.05, 0.1) is 12.2 Å². The van der Waals surface area contributed by atoms with Gasteiger partial charge in [0.1, 0.15) is 12.4 Å². The molecule has 1 aliphatic heterocycles. The molecule has 0 atom stereocenters. The van der Waals surface area contributed by atoms with Crippen LogP contribution in [0.15, 0.2) is 30.1 Å². The molecule has 2 heterocycles. The van der Waals surface area contributed by atoms with E-state index in [0.717, 1.165) is 5.56 Å². The lowest BCUT2D eigenvalue weighted by molar-refractivity contribution is -0.135. The fourth-order valence-corrected chi connectivity index (χ4v) is 1.75. The van der Waals surface area contributed by atoms with Crippen LogP contribution in [0.2, 0.25) is 0 Å². The molecular weight excluding hydrogens is 256 g/mol. The lowest BCUT2D eigenvalue weighted by atomic mass is 10.2. The number of halogens is 2. The fourth-order valence-electron chi connectivity index (χ4n) is 1.75. The second kappa shape index (κ2) is 5.64. The normalized spacial score (nSPS) is 14.5. The van der Waals surface area contributed by atoms with Crippen LogP contribution in [-0.4, -0.2) is 35.4 Å². The summed E-state index contributed by atoms with van der Waals surface area (Å²) in [6.45, 7) is -0.221. The number of nitrogen functional groups attached to an aromatic ring is 1. The number of rotatable bonds is 5. The zero-order chi connectivity index (χ0) is 13.8. The molecule has 0 amide bonds. The van der Waals surface area contributed by atoms with Crippen LogP contribution in [-0.2, 0) is 16.1 Å². The van der Waals surface area contributed by atoms with Crippen LogP contribution in [0, 0.1) is 0 Å². The maximum atomic E-state index is 12.6. The van der Waals surface area contributed by atoms with Gasteiger partial charge < -0.3 is 15.4 Å². The summed E-state index contributed by atoms with van der Waals surface area (Å²) in [5, 5.41) is 0. The summed E-state index contributed by atoms with van der Waals surface area (Å²) in [5.74, 6) is -0.146. The number of alkyl halides is 2. The number of pyridine rings is 1. The van der Waals surface area contributed by atoms with Gasteiger partial charge in [-0.3, -0.25) is 0 Å². The summed E-state index contributed by atoms with van der Waals surface area (Å²) in [5.41, 5.74) is 6.64. The largest absolute Gasteiger partial charge is 0.456 e. The molecular formula is C12H13F2N3O2. The first-order chi connectivity index (χ1) is 9.04. The molecule has 0 spiro atoms. The number of anilines is 1. The fraction of sp³-hybridized carbons (Fsp3) is 0.333. The maximum absolute atomic E-state index is 12.6. The van der Waals surface area contributed by atoms with Crippen molar-refractivity contribution in [3.05, 3.63) is 35.7 Å². The zero-order valence-electron chi connectivity index (χ0n) is 10.1. The minimum absolute atomic E-state index is 0.0218. The van der Waals surface area contributed by atoms with Gasteiger partial charge in [-0.05, 0) is 11.6 Å². The van der Waals surface area contributed by atoms with Crippen LogP contribution < -0.4 is 5.73 Å². The molecule has 0 saturated carbocycles. The van der Waals surface area contributed by atoms with E-state index in [4.69, 9.17) is 10.5 Å². The van der Waals surface area contributed by atoms with Gasteiger partial charge in [-0.25, -0.2) is 18.6 Å². The molecule has 1 aromatic rings. The second-order valence-corrected chi connectivity index (χ2v) is 4.11. The highest BCUT2D eigenvalue weighted by atomic mass is 19.3. The predicted molar refractivity (Wildman–Crippen MR) is 64.1 cm³/mol. The molecule has 0 saturated heterocycles. The Morgan fingerprint density at radius 2 is 2.26 bits per heavy atom. The van der Waals surface area contributed by atoms with Gasteiger partial charge in [-0.15, -0.1) is 0 Å². The summed E-state index contributed by atoms with van der Waals surface area (Å²) in [7, 11) is 0. The van der Waals surface area contributed by atoms with Crippen molar-refractivity contribution in [3.63, 3.8) is 0 Å². The quantitative estimate of drug-likeness (QED) is 0.813. The van der Waals surface area contributed by atoms with E-state index in [0.29, 0.717) is 11.5 Å². The molecule has 2 rings (SSSR count). The number of hydrogen-bond donors (Lipinski definition) is 1. The number of esters is 1. The second-order valence-electron chi connectivity index (χ2n) is 4.11. The highest BCUT2D eigenvalue weighted by Crippen LogP contribution is 2.17. The third-order valence-corrected chi connectivity index (χ3v) is 2.63. The number of aromatic nitrogens is 1. The van der Waals surface area contributed by atoms with Gasteiger partial charge in [-0.2, -0.15) is 0 Å². The Kier molecular flexibility index (Phi) is 3.94. The third-order valence-electron chi connectivity index (χ3n) is 2.63. The molecule has 5 nitrogen and oxygen atoms in total. The van der Waals surface area contributed by atoms with Gasteiger partial charge >= 0.3 is 5.97 Å². The third kappa shape index (κ3) is 3.64. The van der Waals surface area contributed by atoms with E-state index in [2.05, 4.69) is 4.98 Å². The van der Waals surface area contributed by atoms with Crippen molar-refractivity contribution in [2.75, 3.05) is 18.9 Å². The van der Waals surface area contributed by atoms with Gasteiger partial charge in [0, 0.05) is 18.8 Å². The van der Waals surface area contributed by atoms with Gasteiger partial charge in [-0.1, -0.05) is 6.07 Å². The SMILES string of the molecule is Nc1ccc(CN(CC(F)F)C2=CC(=O)OC2)cn1. The van der Waals surface area contributed by atoms with E-state index < -0.39 is 18.9 Å². The first-order valence-electron chi connectivity index (χ1n) is 5.65. The van der Waals surface area contributed by atoms with E-state index >= 15 is 0 Å². The van der Waals surface area contributed by atoms with Crippen molar-refractivity contribution in [1.29, 1.82) is 0 Å². The number of cyclic esters (lactones) is 1. The highest BCUT2D eigenvalue weighted by molar-refractivity contribution is 5.85. The van der Waals surface area contributed by atoms with Crippen molar-refractivity contribution in [2.24, 2.45) is 0 Å². The Labute approximate surface area is 108 Å². The molecule has 0 unspecified atom stereocenters. The summed E-state index contributed by atoms with van der Waals surface area (Å²) >= 11 is 0. The number of nitrogens with zero attached hydrogens (tertiary/aromatic N) is 2. The minimum Gasteiger partial charge on any atom is -0.456 e. The van der Waals surface area contributed by atoms with E-state index in [-0.39, 0.29) is 13.2 Å². The molecule has 1 aliphatic rings. The Morgan fingerprint density at radius 3 is 2.79 bits per heavy atom. The summed E-state index contributed by atoms with van der Waals surface area (Å²) in [6, 6.07) is 3.31. The van der Waals surface area contributed by atoms with Crippen molar-refractivity contribution in [3.8, 4) is 0 Å². The summed E-state index contributed by atoms with van der Waals surface area (Å²) < 4.78 is 29.9. The first kappa shape index (κ1) is 13.3. The number of ether oxygens (including phenoxy) is 1. The molecule has 0 aromatic carbocycles. The number of nitrogens with two attached hydrogens (primary N) is 1. The summed E-state index contributed by atoms with van der Waals surface area (Å²) in [4.78, 5) is 16.3. The first-order valence-corrected chi connectivity index (χ1v) is 5.65. The van der Waals surface area contributed by atoms with Crippen LogP contribution in [0.1, 0.15) is 5.56 Å². The van der Waals surface area contributed by atoms with Gasteiger partial charge in [0.15, 0.2) is 0 Å². The zero-order valence-corrected chi connectivity index (χ0v) is 10.1. The highest BCUT2D eigenvalue weighted by Gasteiger charge is 2.22. The monoisotopic (exact) mass is 269 g/mol. The Morgan fingerprint density at radius 1 is 1.47 bits per heavy atom. The van der Waals surface area contributed by atoms with Crippen LogP contribution >= 0.6 is 0 Å². The topological polar surface area (TPSA) is 68.5 Å². The minimum atomic E-state index is -2.50. The van der Waals surface area contributed by atoms with Crippen molar-refractivity contribution >= 4 is 11.8 Å². The Hall–Kier alpha value is -2.18. The summed E-state index contributed by atoms with van der Waals surface area (Å²) in [6.07, 6.45) is 0.248. The van der Waals surface area contributed by atoms with E-state index in [1.165, 1.54) is 17.2 Å². The van der Waals surface area contributed by atoms with Crippen LogP contribution in [0.25, 0.3) is 0 Å². The molecule has 0 aliphatic carbocycles. The smallest absolute Gasteiger partial charge is 0.333 e. The van der Waals surface area contributed by atoms with Crippen LogP contribution in [0.4, 0.5) is 14.6 Å². The van der Waals surface area contributed by atoms with Crippen LogP contribution in [0.3, 0.4) is 0 Å². The maximum Gasteiger partial charge on any atom is 0.333 e. The van der Waals surface area contributed by atoms with E-state index in [9.17, 15) is 13.6 Å². The molecule has 2 N–H and O–H groups in total. The van der Waals surface area contributed by atoms with Crippen molar-refractivity contribution in [1.82, 2.24) is 9.88 Å². The molecule has 1 aromatic heterocycles. The van der Waals surface area contributed by atoms with Crippen molar-refractivity contribution < 1.29 is 18.3 Å². The van der Waals surface area contributed by atoms with Crippen LogP contribution in [0.5, 0.6) is 0 Å². The Balaban J connectivity index is 2.11. The standard InChI is InChI=1S/C12H13F2N3O2/c13-10(14)6-17(9-3-12(18)19-7-9)5-8-1-2-11(15)16-4-8/h1-4,10H,5-7H2,(H2,15,16). The van der Waals surface area contributed by atoms with Crippen molar-refractivity contribution in [2.45, 2.75) is 13.0 Å². The van der Waals surface area contributed by atoms with E-state index in [1.54, 1.807) is 12.1 Å². The predicted octanol–water partition coefficient (Wildman–Crippen LogP) is 1.17. The Bertz CT molecular complexity index is 488.